The summed E-state index contributed by atoms with van der Waals surface area (Å²) >= 11 is 6.03. The van der Waals surface area contributed by atoms with Crippen LogP contribution in [0.15, 0.2) is 18.2 Å². The second-order valence-electron chi connectivity index (χ2n) is 5.02. The van der Waals surface area contributed by atoms with Gasteiger partial charge in [0.05, 0.1) is 6.10 Å². The van der Waals surface area contributed by atoms with E-state index in [4.69, 9.17) is 22.1 Å². The van der Waals surface area contributed by atoms with Crippen molar-refractivity contribution in [3.8, 4) is 5.75 Å². The average Bonchev–Trinajstić information content (AvgIpc) is 2.61. The lowest BCUT2D eigenvalue weighted by Crippen LogP contribution is -2.16. The van der Waals surface area contributed by atoms with E-state index in [1.165, 1.54) is 38.5 Å². The highest BCUT2D eigenvalue weighted by Gasteiger charge is 2.15. The minimum Gasteiger partial charge on any atom is -0.490 e. The summed E-state index contributed by atoms with van der Waals surface area (Å²) in [6.07, 6.45) is 8.78. The second-order valence-corrected chi connectivity index (χ2v) is 5.46. The molecule has 0 atom stereocenters. The summed E-state index contributed by atoms with van der Waals surface area (Å²) in [5.74, 6) is 0.969. The van der Waals surface area contributed by atoms with Crippen molar-refractivity contribution in [3.63, 3.8) is 0 Å². The van der Waals surface area contributed by atoms with Crippen LogP contribution >= 0.6 is 11.6 Å². The van der Waals surface area contributed by atoms with Gasteiger partial charge in [0, 0.05) is 5.02 Å². The first-order chi connectivity index (χ1) is 8.79. The van der Waals surface area contributed by atoms with Crippen LogP contribution in [0.2, 0.25) is 5.02 Å². The molecule has 1 aromatic carbocycles. The Bertz CT molecular complexity index is 373. The van der Waals surface area contributed by atoms with Crippen LogP contribution in [0.3, 0.4) is 0 Å². The van der Waals surface area contributed by atoms with Crippen molar-refractivity contribution < 1.29 is 4.74 Å². The monoisotopic (exact) mass is 267 g/mol. The standard InChI is InChI=1S/C15H22ClNO/c16-13-7-8-15(12(11-13)9-10-17)18-14-5-3-1-2-4-6-14/h7-8,11,14H,1-6,9-10,17H2. The van der Waals surface area contributed by atoms with Gasteiger partial charge in [-0.25, -0.2) is 0 Å². The average molecular weight is 268 g/mol. The van der Waals surface area contributed by atoms with Crippen molar-refractivity contribution in [1.29, 1.82) is 0 Å². The van der Waals surface area contributed by atoms with E-state index < -0.39 is 0 Å². The molecule has 1 aliphatic carbocycles. The summed E-state index contributed by atoms with van der Waals surface area (Å²) in [5.41, 5.74) is 6.77. The molecule has 3 heteroatoms. The van der Waals surface area contributed by atoms with Crippen LogP contribution < -0.4 is 10.5 Å². The normalized spacial score (nSPS) is 17.4. The maximum atomic E-state index is 6.16. The predicted molar refractivity (Wildman–Crippen MR) is 76.3 cm³/mol. The molecule has 0 aromatic heterocycles. The Hall–Kier alpha value is -0.730. The van der Waals surface area contributed by atoms with Crippen LogP contribution in [0.4, 0.5) is 0 Å². The van der Waals surface area contributed by atoms with Crippen molar-refractivity contribution in [3.05, 3.63) is 28.8 Å². The molecule has 18 heavy (non-hydrogen) atoms. The molecule has 0 saturated heterocycles. The Morgan fingerprint density at radius 3 is 2.56 bits per heavy atom. The van der Waals surface area contributed by atoms with E-state index in [1.54, 1.807) is 0 Å². The third kappa shape index (κ3) is 3.89. The molecule has 0 radical (unpaired) electrons. The van der Waals surface area contributed by atoms with Gasteiger partial charge in [0.2, 0.25) is 0 Å². The maximum Gasteiger partial charge on any atom is 0.123 e. The van der Waals surface area contributed by atoms with Gasteiger partial charge in [0.15, 0.2) is 0 Å². The fourth-order valence-electron chi connectivity index (χ4n) is 2.55. The summed E-state index contributed by atoms with van der Waals surface area (Å²) in [6, 6.07) is 5.85. The zero-order chi connectivity index (χ0) is 12.8. The van der Waals surface area contributed by atoms with Crippen LogP contribution in [0, 0.1) is 0 Å². The lowest BCUT2D eigenvalue weighted by molar-refractivity contribution is 0.182. The second kappa shape index (κ2) is 7.01. The Labute approximate surface area is 114 Å². The summed E-state index contributed by atoms with van der Waals surface area (Å²) in [4.78, 5) is 0. The molecule has 1 aromatic rings. The first-order valence-electron chi connectivity index (χ1n) is 6.95. The van der Waals surface area contributed by atoms with Gasteiger partial charge >= 0.3 is 0 Å². The van der Waals surface area contributed by atoms with Crippen LogP contribution in [0.5, 0.6) is 5.75 Å². The molecule has 100 valence electrons. The first kappa shape index (κ1) is 13.7. The summed E-state index contributed by atoms with van der Waals surface area (Å²) < 4.78 is 6.16. The summed E-state index contributed by atoms with van der Waals surface area (Å²) in [6.45, 7) is 0.626. The molecule has 2 nitrogen and oxygen atoms in total. The lowest BCUT2D eigenvalue weighted by atomic mass is 10.1. The van der Waals surface area contributed by atoms with E-state index in [9.17, 15) is 0 Å². The molecule has 0 bridgehead atoms. The molecule has 2 N–H and O–H groups in total. The quantitative estimate of drug-likeness (QED) is 0.839. The van der Waals surface area contributed by atoms with Gasteiger partial charge in [0.1, 0.15) is 5.75 Å². The number of halogens is 1. The van der Waals surface area contributed by atoms with Crippen molar-refractivity contribution in [2.75, 3.05) is 6.54 Å². The molecular formula is C15H22ClNO. The van der Waals surface area contributed by atoms with Gasteiger partial charge in [-0.1, -0.05) is 24.4 Å². The minimum absolute atomic E-state index is 0.366. The molecule has 2 rings (SSSR count). The van der Waals surface area contributed by atoms with E-state index in [2.05, 4.69) is 0 Å². The molecule has 0 amide bonds. The summed E-state index contributed by atoms with van der Waals surface area (Å²) in [7, 11) is 0. The SMILES string of the molecule is NCCc1cc(Cl)ccc1OC1CCCCCC1. The fourth-order valence-corrected chi connectivity index (χ4v) is 2.75. The molecule has 0 spiro atoms. The van der Waals surface area contributed by atoms with Crippen LogP contribution in [0.25, 0.3) is 0 Å². The number of hydrogen-bond acceptors (Lipinski definition) is 2. The Balaban J connectivity index is 2.06. The van der Waals surface area contributed by atoms with Gasteiger partial charge in [0.25, 0.3) is 0 Å². The first-order valence-corrected chi connectivity index (χ1v) is 7.32. The van der Waals surface area contributed by atoms with Crippen LogP contribution in [0.1, 0.15) is 44.1 Å². The third-order valence-corrected chi connectivity index (χ3v) is 3.77. The van der Waals surface area contributed by atoms with Gasteiger partial charge in [-0.05, 0) is 62.4 Å². The third-order valence-electron chi connectivity index (χ3n) is 3.53. The van der Waals surface area contributed by atoms with Gasteiger partial charge < -0.3 is 10.5 Å². The minimum atomic E-state index is 0.366. The molecule has 1 aliphatic rings. The fraction of sp³-hybridized carbons (Fsp3) is 0.600. The van der Waals surface area contributed by atoms with Crippen LogP contribution in [-0.2, 0) is 6.42 Å². The highest BCUT2D eigenvalue weighted by molar-refractivity contribution is 6.30. The van der Waals surface area contributed by atoms with Gasteiger partial charge in [-0.3, -0.25) is 0 Å². The summed E-state index contributed by atoms with van der Waals surface area (Å²) in [5, 5.41) is 0.756. The van der Waals surface area contributed by atoms with Gasteiger partial charge in [-0.2, -0.15) is 0 Å². The van der Waals surface area contributed by atoms with Crippen molar-refractivity contribution in [1.82, 2.24) is 0 Å². The Morgan fingerprint density at radius 2 is 1.89 bits per heavy atom. The number of rotatable bonds is 4. The highest BCUT2D eigenvalue weighted by Crippen LogP contribution is 2.27. The number of benzene rings is 1. The van der Waals surface area contributed by atoms with Gasteiger partial charge in [-0.15, -0.1) is 0 Å². The Morgan fingerprint density at radius 1 is 1.17 bits per heavy atom. The van der Waals surface area contributed by atoms with Crippen molar-refractivity contribution >= 4 is 11.6 Å². The van der Waals surface area contributed by atoms with Crippen LogP contribution in [-0.4, -0.2) is 12.6 Å². The largest absolute Gasteiger partial charge is 0.490 e. The smallest absolute Gasteiger partial charge is 0.123 e. The molecular weight excluding hydrogens is 246 g/mol. The zero-order valence-corrected chi connectivity index (χ0v) is 11.6. The van der Waals surface area contributed by atoms with Crippen molar-refractivity contribution in [2.45, 2.75) is 51.0 Å². The topological polar surface area (TPSA) is 35.2 Å². The molecule has 1 fully saturated rings. The zero-order valence-electron chi connectivity index (χ0n) is 10.8. The number of ether oxygens (including phenoxy) is 1. The molecule has 0 heterocycles. The van der Waals surface area contributed by atoms with Crippen molar-refractivity contribution in [2.24, 2.45) is 5.73 Å². The lowest BCUT2D eigenvalue weighted by Gasteiger charge is -2.19. The van der Waals surface area contributed by atoms with E-state index in [-0.39, 0.29) is 0 Å². The van der Waals surface area contributed by atoms with E-state index in [0.717, 1.165) is 22.8 Å². The van der Waals surface area contributed by atoms with E-state index in [0.29, 0.717) is 12.6 Å². The highest BCUT2D eigenvalue weighted by atomic mass is 35.5. The molecule has 1 saturated carbocycles. The van der Waals surface area contributed by atoms with E-state index in [1.807, 2.05) is 18.2 Å². The van der Waals surface area contributed by atoms with E-state index >= 15 is 0 Å². The molecule has 0 aliphatic heterocycles. The Kier molecular flexibility index (Phi) is 5.33. The predicted octanol–water partition coefficient (Wildman–Crippen LogP) is 3.94. The number of nitrogens with two attached hydrogens (primary N) is 1. The number of hydrogen-bond donors (Lipinski definition) is 1. The molecule has 0 unspecified atom stereocenters. The maximum absolute atomic E-state index is 6.16.